The number of aromatic carboxylic acids is 1. The number of carboxylic acids is 1. The number of pyridine rings is 1. The zero-order valence-corrected chi connectivity index (χ0v) is 11.1. The summed E-state index contributed by atoms with van der Waals surface area (Å²) < 4.78 is 0. The van der Waals surface area contributed by atoms with E-state index in [0.29, 0.717) is 11.7 Å². The summed E-state index contributed by atoms with van der Waals surface area (Å²) in [6, 6.07) is 3.12. The topological polar surface area (TPSA) is 82.5 Å². The second kappa shape index (κ2) is 5.57. The molecule has 0 amide bonds. The van der Waals surface area contributed by atoms with E-state index in [1.54, 1.807) is 12.3 Å². The molecule has 0 spiro atoms. The van der Waals surface area contributed by atoms with Crippen LogP contribution < -0.4 is 5.32 Å². The Bertz CT molecular complexity index is 464. The molecule has 1 aromatic rings. The number of aliphatic hydroxyl groups excluding tert-OH is 1. The van der Waals surface area contributed by atoms with Crippen molar-refractivity contribution in [1.82, 2.24) is 4.98 Å². The van der Waals surface area contributed by atoms with E-state index in [0.717, 1.165) is 25.7 Å². The maximum Gasteiger partial charge on any atom is 0.339 e. The molecule has 0 saturated heterocycles. The van der Waals surface area contributed by atoms with Crippen molar-refractivity contribution in [2.24, 2.45) is 5.92 Å². The molecule has 5 nitrogen and oxygen atoms in total. The molecule has 1 aliphatic rings. The van der Waals surface area contributed by atoms with Crippen LogP contribution in [0.2, 0.25) is 0 Å². The quantitative estimate of drug-likeness (QED) is 0.776. The molecule has 1 aromatic heterocycles. The second-order valence-electron chi connectivity index (χ2n) is 5.47. The first-order valence-electron chi connectivity index (χ1n) is 6.64. The monoisotopic (exact) mass is 264 g/mol. The van der Waals surface area contributed by atoms with Gasteiger partial charge in [0.15, 0.2) is 0 Å². The second-order valence-corrected chi connectivity index (χ2v) is 5.47. The Balaban J connectivity index is 2.25. The van der Waals surface area contributed by atoms with Gasteiger partial charge < -0.3 is 15.5 Å². The van der Waals surface area contributed by atoms with Crippen molar-refractivity contribution in [2.45, 2.75) is 38.1 Å². The third-order valence-electron chi connectivity index (χ3n) is 3.82. The van der Waals surface area contributed by atoms with Gasteiger partial charge >= 0.3 is 5.97 Å². The van der Waals surface area contributed by atoms with E-state index < -0.39 is 11.5 Å². The summed E-state index contributed by atoms with van der Waals surface area (Å²) in [4.78, 5) is 15.3. The Kier molecular flexibility index (Phi) is 4.04. The lowest BCUT2D eigenvalue weighted by molar-refractivity contribution is 0.0697. The largest absolute Gasteiger partial charge is 0.478 e. The Hall–Kier alpha value is -1.62. The van der Waals surface area contributed by atoms with Crippen LogP contribution in [0.4, 0.5) is 5.82 Å². The number of anilines is 1. The van der Waals surface area contributed by atoms with Crippen LogP contribution in [0.3, 0.4) is 0 Å². The van der Waals surface area contributed by atoms with Crippen LogP contribution in [0.15, 0.2) is 18.3 Å². The van der Waals surface area contributed by atoms with Crippen LogP contribution >= 0.6 is 0 Å². The van der Waals surface area contributed by atoms with Gasteiger partial charge in [0, 0.05) is 6.20 Å². The van der Waals surface area contributed by atoms with E-state index in [-0.39, 0.29) is 12.2 Å². The van der Waals surface area contributed by atoms with Gasteiger partial charge in [-0.25, -0.2) is 9.78 Å². The molecule has 2 atom stereocenters. The molecule has 19 heavy (non-hydrogen) atoms. The Morgan fingerprint density at radius 1 is 1.63 bits per heavy atom. The fourth-order valence-electron chi connectivity index (χ4n) is 2.89. The number of nitrogens with one attached hydrogen (secondary N) is 1. The van der Waals surface area contributed by atoms with Crippen molar-refractivity contribution < 1.29 is 15.0 Å². The summed E-state index contributed by atoms with van der Waals surface area (Å²) in [6.45, 7) is 2.15. The Morgan fingerprint density at radius 2 is 2.42 bits per heavy atom. The third kappa shape index (κ3) is 3.04. The van der Waals surface area contributed by atoms with Crippen molar-refractivity contribution in [2.75, 3.05) is 11.9 Å². The number of carbonyl (C=O) groups is 1. The molecule has 1 saturated carbocycles. The number of aromatic nitrogens is 1. The predicted octanol–water partition coefficient (Wildman–Crippen LogP) is 2.13. The summed E-state index contributed by atoms with van der Waals surface area (Å²) in [5, 5.41) is 22.1. The maximum absolute atomic E-state index is 11.2. The van der Waals surface area contributed by atoms with E-state index in [9.17, 15) is 9.90 Å². The summed E-state index contributed by atoms with van der Waals surface area (Å²) in [6.07, 6.45) is 5.41. The third-order valence-corrected chi connectivity index (χ3v) is 3.82. The smallest absolute Gasteiger partial charge is 0.339 e. The fraction of sp³-hybridized carbons (Fsp3) is 0.571. The Morgan fingerprint density at radius 3 is 3.05 bits per heavy atom. The van der Waals surface area contributed by atoms with Crippen molar-refractivity contribution >= 4 is 11.8 Å². The van der Waals surface area contributed by atoms with E-state index in [2.05, 4.69) is 17.2 Å². The highest BCUT2D eigenvalue weighted by molar-refractivity contribution is 5.93. The molecule has 0 aromatic carbocycles. The van der Waals surface area contributed by atoms with Crippen molar-refractivity contribution in [3.8, 4) is 0 Å². The minimum Gasteiger partial charge on any atom is -0.478 e. The van der Waals surface area contributed by atoms with Crippen molar-refractivity contribution in [3.63, 3.8) is 0 Å². The summed E-state index contributed by atoms with van der Waals surface area (Å²) in [5.41, 5.74) is -0.301. The lowest BCUT2D eigenvalue weighted by atomic mass is 9.77. The minimum atomic E-state index is -1.01. The summed E-state index contributed by atoms with van der Waals surface area (Å²) in [5.74, 6) is -0.143. The molecule has 0 radical (unpaired) electrons. The number of hydrogen-bond donors (Lipinski definition) is 3. The van der Waals surface area contributed by atoms with Crippen LogP contribution in [0.25, 0.3) is 0 Å². The molecular formula is C14H20N2O3. The molecule has 2 unspecified atom stereocenters. The first-order valence-corrected chi connectivity index (χ1v) is 6.64. The number of nitrogens with zero attached hydrogens (tertiary/aromatic N) is 1. The average molecular weight is 264 g/mol. The SMILES string of the molecule is CC1CCCC(CO)(Nc2ncccc2C(=O)O)C1. The van der Waals surface area contributed by atoms with Gasteiger partial charge in [0.1, 0.15) is 11.4 Å². The predicted molar refractivity (Wildman–Crippen MR) is 72.3 cm³/mol. The fourth-order valence-corrected chi connectivity index (χ4v) is 2.89. The van der Waals surface area contributed by atoms with E-state index in [1.807, 2.05) is 0 Å². The number of hydrogen-bond acceptors (Lipinski definition) is 4. The van der Waals surface area contributed by atoms with Gasteiger partial charge in [-0.2, -0.15) is 0 Å². The zero-order chi connectivity index (χ0) is 13.9. The van der Waals surface area contributed by atoms with Gasteiger partial charge in [0.25, 0.3) is 0 Å². The molecule has 104 valence electrons. The van der Waals surface area contributed by atoms with Gasteiger partial charge in [-0.1, -0.05) is 19.8 Å². The Labute approximate surface area is 112 Å². The van der Waals surface area contributed by atoms with Gasteiger partial charge in [-0.3, -0.25) is 0 Å². The van der Waals surface area contributed by atoms with Crippen LogP contribution in [0.5, 0.6) is 0 Å². The van der Waals surface area contributed by atoms with E-state index in [1.165, 1.54) is 6.07 Å². The highest BCUT2D eigenvalue weighted by Gasteiger charge is 2.35. The van der Waals surface area contributed by atoms with Gasteiger partial charge in [-0.15, -0.1) is 0 Å². The maximum atomic E-state index is 11.2. The molecule has 0 bridgehead atoms. The lowest BCUT2D eigenvalue weighted by Gasteiger charge is -2.40. The first kappa shape index (κ1) is 13.8. The average Bonchev–Trinajstić information content (AvgIpc) is 2.39. The number of carboxylic acid groups (broad SMARTS) is 1. The molecule has 0 aliphatic heterocycles. The highest BCUT2D eigenvalue weighted by atomic mass is 16.4. The first-order chi connectivity index (χ1) is 9.06. The highest BCUT2D eigenvalue weighted by Crippen LogP contribution is 2.34. The molecular weight excluding hydrogens is 244 g/mol. The minimum absolute atomic E-state index is 0.00697. The van der Waals surface area contributed by atoms with E-state index >= 15 is 0 Å². The van der Waals surface area contributed by atoms with Crippen LogP contribution in [-0.2, 0) is 0 Å². The molecule has 2 rings (SSSR count). The van der Waals surface area contributed by atoms with Gasteiger partial charge in [0.05, 0.1) is 12.1 Å². The zero-order valence-electron chi connectivity index (χ0n) is 11.1. The molecule has 1 aliphatic carbocycles. The van der Waals surface area contributed by atoms with Crippen molar-refractivity contribution in [3.05, 3.63) is 23.9 Å². The summed E-state index contributed by atoms with van der Waals surface area (Å²) in [7, 11) is 0. The molecule has 3 N–H and O–H groups in total. The molecule has 1 fully saturated rings. The van der Waals surface area contributed by atoms with Gasteiger partial charge in [-0.05, 0) is 30.9 Å². The van der Waals surface area contributed by atoms with E-state index in [4.69, 9.17) is 5.11 Å². The standard InChI is InChI=1S/C14H20N2O3/c1-10-4-2-6-14(8-10,9-17)16-12-11(13(18)19)5-3-7-15-12/h3,5,7,10,17H,2,4,6,8-9H2,1H3,(H,15,16)(H,18,19). The normalized spacial score (nSPS) is 26.9. The summed E-state index contributed by atoms with van der Waals surface area (Å²) >= 11 is 0. The number of aliphatic hydroxyl groups is 1. The van der Waals surface area contributed by atoms with Crippen LogP contribution in [0, 0.1) is 5.92 Å². The van der Waals surface area contributed by atoms with Crippen LogP contribution in [0.1, 0.15) is 43.0 Å². The van der Waals surface area contributed by atoms with Gasteiger partial charge in [0.2, 0.25) is 0 Å². The number of rotatable bonds is 4. The van der Waals surface area contributed by atoms with Crippen molar-refractivity contribution in [1.29, 1.82) is 0 Å². The van der Waals surface area contributed by atoms with Crippen LogP contribution in [-0.4, -0.2) is 33.3 Å². The lowest BCUT2D eigenvalue weighted by Crippen LogP contribution is -2.46. The molecule has 5 heteroatoms. The molecule has 1 heterocycles.